The van der Waals surface area contributed by atoms with E-state index in [0.29, 0.717) is 31.0 Å². The highest BCUT2D eigenvalue weighted by Gasteiger charge is 2.21. The molecule has 1 aromatic carbocycles. The van der Waals surface area contributed by atoms with Crippen molar-refractivity contribution in [3.8, 4) is 0 Å². The molecule has 1 atom stereocenters. The van der Waals surface area contributed by atoms with E-state index in [0.717, 1.165) is 5.56 Å². The van der Waals surface area contributed by atoms with Crippen LogP contribution in [0.25, 0.3) is 0 Å². The number of hydrogen-bond donors (Lipinski definition) is 1. The molecular formula is C17H29N3O3S. The molecule has 0 fully saturated rings. The van der Waals surface area contributed by atoms with Crippen molar-refractivity contribution in [3.05, 3.63) is 29.8 Å². The summed E-state index contributed by atoms with van der Waals surface area (Å²) in [5.74, 6) is 0.0793. The Morgan fingerprint density at radius 2 is 1.67 bits per heavy atom. The Bertz CT molecular complexity index is 623. The number of sulfonamides is 1. The summed E-state index contributed by atoms with van der Waals surface area (Å²) in [6, 6.07) is 6.95. The highest BCUT2D eigenvalue weighted by Crippen LogP contribution is 2.16. The Hall–Kier alpha value is -1.44. The van der Waals surface area contributed by atoms with Gasteiger partial charge in [0.05, 0.1) is 4.90 Å². The van der Waals surface area contributed by atoms with Gasteiger partial charge >= 0.3 is 0 Å². The first-order valence-corrected chi connectivity index (χ1v) is 9.69. The smallest absolute Gasteiger partial charge is 0.243 e. The fourth-order valence-corrected chi connectivity index (χ4v) is 3.76. The van der Waals surface area contributed by atoms with Crippen LogP contribution in [0.4, 0.5) is 0 Å². The molecule has 1 amide bonds. The van der Waals surface area contributed by atoms with Crippen LogP contribution in [-0.2, 0) is 21.4 Å². The molecule has 1 aromatic rings. The number of hydrogen-bond acceptors (Lipinski definition) is 4. The van der Waals surface area contributed by atoms with E-state index >= 15 is 0 Å². The van der Waals surface area contributed by atoms with Crippen LogP contribution < -0.4 is 5.32 Å². The Morgan fingerprint density at radius 3 is 2.12 bits per heavy atom. The van der Waals surface area contributed by atoms with Gasteiger partial charge in [0, 0.05) is 46.2 Å². The normalized spacial score (nSPS) is 13.1. The number of carbonyl (C=O) groups is 1. The molecule has 0 aliphatic carbocycles. The van der Waals surface area contributed by atoms with E-state index in [-0.39, 0.29) is 11.9 Å². The Morgan fingerprint density at radius 1 is 1.12 bits per heavy atom. The zero-order valence-corrected chi connectivity index (χ0v) is 16.1. The average Bonchev–Trinajstić information content (AvgIpc) is 2.54. The fourth-order valence-electron chi connectivity index (χ4n) is 2.30. The van der Waals surface area contributed by atoms with Gasteiger partial charge in [-0.2, -0.15) is 4.31 Å². The van der Waals surface area contributed by atoms with E-state index in [4.69, 9.17) is 0 Å². The second-order valence-corrected chi connectivity index (χ2v) is 7.95. The third-order valence-electron chi connectivity index (χ3n) is 3.90. The van der Waals surface area contributed by atoms with Crippen molar-refractivity contribution in [2.75, 3.05) is 27.2 Å². The van der Waals surface area contributed by atoms with E-state index in [1.54, 1.807) is 31.1 Å². The summed E-state index contributed by atoms with van der Waals surface area (Å²) in [5.41, 5.74) is 0.984. The van der Waals surface area contributed by atoms with E-state index < -0.39 is 10.0 Å². The molecule has 1 unspecified atom stereocenters. The number of amides is 1. The van der Waals surface area contributed by atoms with Gasteiger partial charge in [0.25, 0.3) is 0 Å². The highest BCUT2D eigenvalue weighted by molar-refractivity contribution is 7.89. The van der Waals surface area contributed by atoms with Crippen LogP contribution in [0.2, 0.25) is 0 Å². The molecular weight excluding hydrogens is 326 g/mol. The SMILES string of the molecule is CCN(CC)S(=O)(=O)c1ccc(CNC(C)CC(=O)N(C)C)cc1. The third kappa shape index (κ3) is 5.58. The van der Waals surface area contributed by atoms with Crippen LogP contribution in [0.3, 0.4) is 0 Å². The van der Waals surface area contributed by atoms with E-state index in [9.17, 15) is 13.2 Å². The summed E-state index contributed by atoms with van der Waals surface area (Å²) in [7, 11) is 0.0685. The summed E-state index contributed by atoms with van der Waals surface area (Å²) in [6.07, 6.45) is 0.432. The first-order chi connectivity index (χ1) is 11.2. The Kier molecular flexibility index (Phi) is 7.86. The molecule has 1 rings (SSSR count). The molecule has 24 heavy (non-hydrogen) atoms. The zero-order chi connectivity index (χ0) is 18.3. The molecule has 6 nitrogen and oxygen atoms in total. The quantitative estimate of drug-likeness (QED) is 0.732. The van der Waals surface area contributed by atoms with Gasteiger partial charge in [0.15, 0.2) is 0 Å². The Labute approximate surface area is 145 Å². The van der Waals surface area contributed by atoms with Crippen molar-refractivity contribution in [3.63, 3.8) is 0 Å². The van der Waals surface area contributed by atoms with Gasteiger partial charge in [-0.05, 0) is 24.6 Å². The summed E-state index contributed by atoms with van der Waals surface area (Å²) in [4.78, 5) is 13.5. The third-order valence-corrected chi connectivity index (χ3v) is 5.96. The number of carbonyl (C=O) groups excluding carboxylic acids is 1. The zero-order valence-electron chi connectivity index (χ0n) is 15.2. The first-order valence-electron chi connectivity index (χ1n) is 8.25. The van der Waals surface area contributed by atoms with Gasteiger partial charge in [-0.15, -0.1) is 0 Å². The molecule has 0 aliphatic heterocycles. The lowest BCUT2D eigenvalue weighted by atomic mass is 10.2. The molecule has 0 bridgehead atoms. The minimum Gasteiger partial charge on any atom is -0.349 e. The summed E-state index contributed by atoms with van der Waals surface area (Å²) in [5, 5.41) is 3.28. The molecule has 1 N–H and O–H groups in total. The predicted molar refractivity (Wildman–Crippen MR) is 96.2 cm³/mol. The van der Waals surface area contributed by atoms with Gasteiger partial charge in [0.2, 0.25) is 15.9 Å². The van der Waals surface area contributed by atoms with E-state index in [1.807, 2.05) is 32.9 Å². The maximum atomic E-state index is 12.4. The maximum Gasteiger partial charge on any atom is 0.243 e. The first kappa shape index (κ1) is 20.6. The second kappa shape index (κ2) is 9.15. The number of rotatable bonds is 9. The minimum absolute atomic E-state index is 0.0546. The molecule has 136 valence electrons. The average molecular weight is 356 g/mol. The molecule has 0 saturated carbocycles. The number of nitrogens with zero attached hydrogens (tertiary/aromatic N) is 2. The topological polar surface area (TPSA) is 69.7 Å². The Balaban J connectivity index is 2.67. The van der Waals surface area contributed by atoms with Crippen LogP contribution in [0, 0.1) is 0 Å². The van der Waals surface area contributed by atoms with Crippen molar-refractivity contribution in [2.45, 2.75) is 44.7 Å². The van der Waals surface area contributed by atoms with Gasteiger partial charge < -0.3 is 10.2 Å². The number of benzene rings is 1. The van der Waals surface area contributed by atoms with Gasteiger partial charge in [-0.1, -0.05) is 26.0 Å². The van der Waals surface area contributed by atoms with Crippen LogP contribution >= 0.6 is 0 Å². The largest absolute Gasteiger partial charge is 0.349 e. The van der Waals surface area contributed by atoms with Crippen molar-refractivity contribution in [1.82, 2.24) is 14.5 Å². The maximum absolute atomic E-state index is 12.4. The van der Waals surface area contributed by atoms with E-state index in [1.165, 1.54) is 4.31 Å². The van der Waals surface area contributed by atoms with Crippen LogP contribution in [0.5, 0.6) is 0 Å². The fraction of sp³-hybridized carbons (Fsp3) is 0.588. The van der Waals surface area contributed by atoms with Gasteiger partial charge in [-0.3, -0.25) is 4.79 Å². The van der Waals surface area contributed by atoms with Crippen LogP contribution in [0.1, 0.15) is 32.8 Å². The second-order valence-electron chi connectivity index (χ2n) is 6.01. The lowest BCUT2D eigenvalue weighted by Crippen LogP contribution is -2.33. The van der Waals surface area contributed by atoms with E-state index in [2.05, 4.69) is 5.32 Å². The van der Waals surface area contributed by atoms with Crippen LogP contribution in [-0.4, -0.2) is 56.8 Å². The van der Waals surface area contributed by atoms with Crippen LogP contribution in [0.15, 0.2) is 29.2 Å². The summed E-state index contributed by atoms with van der Waals surface area (Å²) >= 11 is 0. The standard InChI is InChI=1S/C17H29N3O3S/c1-6-20(7-2)24(22,23)16-10-8-15(9-11-16)13-18-14(3)12-17(21)19(4)5/h8-11,14,18H,6-7,12-13H2,1-5H3. The molecule has 0 radical (unpaired) electrons. The molecule has 7 heteroatoms. The molecule has 0 spiro atoms. The molecule has 0 saturated heterocycles. The molecule has 0 aliphatic rings. The summed E-state index contributed by atoms with van der Waals surface area (Å²) < 4.78 is 26.3. The number of nitrogens with one attached hydrogen (secondary N) is 1. The van der Waals surface area contributed by atoms with Crippen molar-refractivity contribution < 1.29 is 13.2 Å². The molecule has 0 aromatic heterocycles. The lowest BCUT2D eigenvalue weighted by Gasteiger charge is -2.19. The lowest BCUT2D eigenvalue weighted by molar-refractivity contribution is -0.129. The van der Waals surface area contributed by atoms with Crippen molar-refractivity contribution in [2.24, 2.45) is 0 Å². The predicted octanol–water partition coefficient (Wildman–Crippen LogP) is 1.67. The van der Waals surface area contributed by atoms with Crippen molar-refractivity contribution >= 4 is 15.9 Å². The monoisotopic (exact) mass is 355 g/mol. The summed E-state index contributed by atoms with van der Waals surface area (Å²) in [6.45, 7) is 7.12. The van der Waals surface area contributed by atoms with Crippen molar-refractivity contribution in [1.29, 1.82) is 0 Å². The molecule has 0 heterocycles. The van der Waals surface area contributed by atoms with Gasteiger partial charge in [0.1, 0.15) is 0 Å². The van der Waals surface area contributed by atoms with Gasteiger partial charge in [-0.25, -0.2) is 8.42 Å². The minimum atomic E-state index is -3.41. The highest BCUT2D eigenvalue weighted by atomic mass is 32.2.